The molecule has 0 aliphatic heterocycles. The number of aryl methyl sites for hydroxylation is 1. The van der Waals surface area contributed by atoms with Crippen LogP contribution in [0.3, 0.4) is 0 Å². The maximum Gasteiger partial charge on any atom is 0.129 e. The minimum atomic E-state index is 0.292. The Hall–Kier alpha value is -2.26. The molecule has 2 aromatic carbocycles. The summed E-state index contributed by atoms with van der Waals surface area (Å²) in [5, 5.41) is 16.1. The first-order chi connectivity index (χ1) is 10.1. The number of nitrogens with zero attached hydrogens (tertiary/aromatic N) is 1. The number of anilines is 1. The summed E-state index contributed by atoms with van der Waals surface area (Å²) in [4.78, 5) is 4.21. The lowest BCUT2D eigenvalue weighted by molar-refractivity contribution is 0.470. The van der Waals surface area contributed by atoms with Crippen LogP contribution < -0.4 is 5.32 Å². The van der Waals surface area contributed by atoms with Gasteiger partial charge in [0.1, 0.15) is 10.9 Å². The molecular weight excluding hydrogens is 284 g/mol. The SMILES string of the molecule is Cc1nc(Cl)ccc1NCc1c(O)ccc2ccccc12. The number of benzene rings is 2. The van der Waals surface area contributed by atoms with Crippen molar-refractivity contribution in [2.45, 2.75) is 13.5 Å². The minimum Gasteiger partial charge on any atom is -0.508 e. The maximum atomic E-state index is 10.1. The van der Waals surface area contributed by atoms with Gasteiger partial charge >= 0.3 is 0 Å². The zero-order valence-electron chi connectivity index (χ0n) is 11.6. The smallest absolute Gasteiger partial charge is 0.129 e. The van der Waals surface area contributed by atoms with Crippen LogP contribution in [0.1, 0.15) is 11.3 Å². The standard InChI is InChI=1S/C17H15ClN2O/c1-11-15(7-9-17(18)20-11)19-10-14-13-5-3-2-4-12(13)6-8-16(14)21/h2-9,19,21H,10H2,1H3. The Morgan fingerprint density at radius 3 is 2.71 bits per heavy atom. The number of phenols is 1. The molecule has 0 aliphatic rings. The van der Waals surface area contributed by atoms with Crippen molar-refractivity contribution in [1.29, 1.82) is 0 Å². The van der Waals surface area contributed by atoms with Gasteiger partial charge < -0.3 is 10.4 Å². The quantitative estimate of drug-likeness (QED) is 0.699. The van der Waals surface area contributed by atoms with E-state index in [0.29, 0.717) is 17.4 Å². The molecule has 3 aromatic rings. The molecular formula is C17H15ClN2O. The predicted molar refractivity (Wildman–Crippen MR) is 86.9 cm³/mol. The van der Waals surface area contributed by atoms with Gasteiger partial charge in [-0.15, -0.1) is 0 Å². The van der Waals surface area contributed by atoms with E-state index in [0.717, 1.165) is 27.7 Å². The molecule has 0 saturated heterocycles. The highest BCUT2D eigenvalue weighted by atomic mass is 35.5. The first-order valence-corrected chi connectivity index (χ1v) is 7.09. The van der Waals surface area contributed by atoms with Crippen molar-refractivity contribution in [3.05, 3.63) is 64.9 Å². The van der Waals surface area contributed by atoms with Gasteiger partial charge in [-0.05, 0) is 35.9 Å². The molecule has 0 spiro atoms. The van der Waals surface area contributed by atoms with Crippen LogP contribution in [0.25, 0.3) is 10.8 Å². The molecule has 0 unspecified atom stereocenters. The van der Waals surface area contributed by atoms with Crippen molar-refractivity contribution in [3.63, 3.8) is 0 Å². The number of aromatic hydroxyl groups is 1. The van der Waals surface area contributed by atoms with Gasteiger partial charge in [0.15, 0.2) is 0 Å². The maximum absolute atomic E-state index is 10.1. The molecule has 4 heteroatoms. The third kappa shape index (κ3) is 2.78. The van der Waals surface area contributed by atoms with Gasteiger partial charge in [0.2, 0.25) is 0 Å². The first kappa shape index (κ1) is 13.7. The normalized spacial score (nSPS) is 10.8. The molecule has 21 heavy (non-hydrogen) atoms. The number of rotatable bonds is 3. The van der Waals surface area contributed by atoms with Gasteiger partial charge in [-0.3, -0.25) is 0 Å². The van der Waals surface area contributed by atoms with E-state index in [9.17, 15) is 5.11 Å². The Kier molecular flexibility index (Phi) is 3.67. The Morgan fingerprint density at radius 1 is 1.10 bits per heavy atom. The third-order valence-electron chi connectivity index (χ3n) is 3.52. The number of aromatic nitrogens is 1. The van der Waals surface area contributed by atoms with E-state index in [-0.39, 0.29) is 0 Å². The fraction of sp³-hybridized carbons (Fsp3) is 0.118. The number of phenolic OH excluding ortho intramolecular Hbond substituents is 1. The van der Waals surface area contributed by atoms with Gasteiger partial charge in [0, 0.05) is 12.1 Å². The van der Waals surface area contributed by atoms with Crippen LogP contribution in [-0.2, 0) is 6.54 Å². The second-order valence-electron chi connectivity index (χ2n) is 4.90. The zero-order valence-corrected chi connectivity index (χ0v) is 12.4. The molecule has 2 N–H and O–H groups in total. The molecule has 106 valence electrons. The molecule has 0 bridgehead atoms. The summed E-state index contributed by atoms with van der Waals surface area (Å²) >= 11 is 5.86. The lowest BCUT2D eigenvalue weighted by Gasteiger charge is -2.12. The van der Waals surface area contributed by atoms with E-state index in [1.54, 1.807) is 12.1 Å². The number of fused-ring (bicyclic) bond motifs is 1. The van der Waals surface area contributed by atoms with E-state index in [1.165, 1.54) is 0 Å². The number of hydrogen-bond donors (Lipinski definition) is 2. The summed E-state index contributed by atoms with van der Waals surface area (Å²) in [6, 6.07) is 15.3. The summed E-state index contributed by atoms with van der Waals surface area (Å²) < 4.78 is 0. The molecule has 3 nitrogen and oxygen atoms in total. The second kappa shape index (κ2) is 5.62. The molecule has 0 amide bonds. The van der Waals surface area contributed by atoms with Crippen molar-refractivity contribution < 1.29 is 5.11 Å². The lowest BCUT2D eigenvalue weighted by Crippen LogP contribution is -2.03. The Labute approximate surface area is 128 Å². The number of nitrogens with one attached hydrogen (secondary N) is 1. The summed E-state index contributed by atoms with van der Waals surface area (Å²) in [6.45, 7) is 2.43. The van der Waals surface area contributed by atoms with Crippen LogP contribution in [0.5, 0.6) is 5.75 Å². The van der Waals surface area contributed by atoms with Crippen molar-refractivity contribution in [3.8, 4) is 5.75 Å². The largest absolute Gasteiger partial charge is 0.508 e. The first-order valence-electron chi connectivity index (χ1n) is 6.72. The monoisotopic (exact) mass is 298 g/mol. The Morgan fingerprint density at radius 2 is 1.90 bits per heavy atom. The second-order valence-corrected chi connectivity index (χ2v) is 5.29. The summed E-state index contributed by atoms with van der Waals surface area (Å²) in [5.41, 5.74) is 2.62. The minimum absolute atomic E-state index is 0.292. The molecule has 1 heterocycles. The molecule has 3 rings (SSSR count). The van der Waals surface area contributed by atoms with Crippen molar-refractivity contribution in [1.82, 2.24) is 4.98 Å². The highest BCUT2D eigenvalue weighted by molar-refractivity contribution is 6.29. The molecule has 0 radical (unpaired) electrons. The van der Waals surface area contributed by atoms with Crippen LogP contribution in [0, 0.1) is 6.92 Å². The molecule has 0 atom stereocenters. The van der Waals surface area contributed by atoms with Crippen molar-refractivity contribution in [2.24, 2.45) is 0 Å². The van der Waals surface area contributed by atoms with E-state index in [1.807, 2.05) is 43.3 Å². The molecule has 0 fully saturated rings. The van der Waals surface area contributed by atoms with E-state index in [4.69, 9.17) is 11.6 Å². The van der Waals surface area contributed by atoms with Gasteiger partial charge in [0.25, 0.3) is 0 Å². The number of halogens is 1. The average Bonchev–Trinajstić information content (AvgIpc) is 2.48. The van der Waals surface area contributed by atoms with Crippen LogP contribution in [0.2, 0.25) is 5.15 Å². The van der Waals surface area contributed by atoms with E-state index >= 15 is 0 Å². The van der Waals surface area contributed by atoms with Gasteiger partial charge in [0.05, 0.1) is 11.4 Å². The molecule has 0 saturated carbocycles. The third-order valence-corrected chi connectivity index (χ3v) is 3.73. The number of pyridine rings is 1. The fourth-order valence-electron chi connectivity index (χ4n) is 2.41. The lowest BCUT2D eigenvalue weighted by atomic mass is 10.0. The van der Waals surface area contributed by atoms with Crippen LogP contribution in [-0.4, -0.2) is 10.1 Å². The van der Waals surface area contributed by atoms with Crippen LogP contribution >= 0.6 is 11.6 Å². The topological polar surface area (TPSA) is 45.2 Å². The highest BCUT2D eigenvalue weighted by Crippen LogP contribution is 2.28. The van der Waals surface area contributed by atoms with E-state index < -0.39 is 0 Å². The van der Waals surface area contributed by atoms with Crippen LogP contribution in [0.15, 0.2) is 48.5 Å². The number of hydrogen-bond acceptors (Lipinski definition) is 3. The fourth-order valence-corrected chi connectivity index (χ4v) is 2.60. The predicted octanol–water partition coefficient (Wildman–Crippen LogP) is 4.51. The zero-order chi connectivity index (χ0) is 14.8. The summed E-state index contributed by atoms with van der Waals surface area (Å²) in [6.07, 6.45) is 0. The Balaban J connectivity index is 1.93. The van der Waals surface area contributed by atoms with Crippen molar-refractivity contribution in [2.75, 3.05) is 5.32 Å². The van der Waals surface area contributed by atoms with Crippen LogP contribution in [0.4, 0.5) is 5.69 Å². The van der Waals surface area contributed by atoms with E-state index in [2.05, 4.69) is 10.3 Å². The van der Waals surface area contributed by atoms with Gasteiger partial charge in [-0.2, -0.15) is 0 Å². The van der Waals surface area contributed by atoms with Gasteiger partial charge in [-0.25, -0.2) is 4.98 Å². The average molecular weight is 299 g/mol. The van der Waals surface area contributed by atoms with Crippen molar-refractivity contribution >= 4 is 28.1 Å². The molecule has 1 aromatic heterocycles. The Bertz CT molecular complexity index is 802. The summed E-state index contributed by atoms with van der Waals surface area (Å²) in [5.74, 6) is 0.292. The molecule has 0 aliphatic carbocycles. The highest BCUT2D eigenvalue weighted by Gasteiger charge is 2.07. The van der Waals surface area contributed by atoms with Gasteiger partial charge in [-0.1, -0.05) is 41.9 Å². The summed E-state index contributed by atoms with van der Waals surface area (Å²) in [7, 11) is 0.